The average molecular weight is 278 g/mol. The number of hydrogen-bond donors (Lipinski definition) is 1. The number of nitrogens with one attached hydrogen (secondary N) is 1. The molecule has 4 heteroatoms. The molecule has 1 nitrogen and oxygen atoms in total. The van der Waals surface area contributed by atoms with E-state index in [-0.39, 0.29) is 0 Å². The summed E-state index contributed by atoms with van der Waals surface area (Å²) < 4.78 is 0. The molecule has 0 aromatic heterocycles. The van der Waals surface area contributed by atoms with E-state index >= 15 is 0 Å². The van der Waals surface area contributed by atoms with Gasteiger partial charge in [0, 0.05) is 21.2 Å². The zero-order chi connectivity index (χ0) is 12.1. The molecule has 2 atom stereocenters. The monoisotopic (exact) mass is 277 g/mol. The van der Waals surface area contributed by atoms with Gasteiger partial charge in [-0.1, -0.05) is 37.0 Å². The summed E-state index contributed by atoms with van der Waals surface area (Å²) in [5.74, 6) is 0. The van der Waals surface area contributed by atoms with Gasteiger partial charge in [-0.2, -0.15) is 0 Å². The van der Waals surface area contributed by atoms with Gasteiger partial charge in [0.15, 0.2) is 0 Å². The molecule has 0 aliphatic heterocycles. The lowest BCUT2D eigenvalue weighted by atomic mass is 10.2. The fourth-order valence-electron chi connectivity index (χ4n) is 1.36. The molecule has 0 fully saturated rings. The summed E-state index contributed by atoms with van der Waals surface area (Å²) in [6, 6.07) is 6.03. The van der Waals surface area contributed by atoms with E-state index in [1.54, 1.807) is 11.8 Å². The van der Waals surface area contributed by atoms with Gasteiger partial charge in [0.2, 0.25) is 0 Å². The smallest absolute Gasteiger partial charge is 0.0543 e. The number of benzene rings is 1. The minimum absolute atomic E-state index is 0.449. The van der Waals surface area contributed by atoms with E-state index in [0.29, 0.717) is 11.3 Å². The Morgan fingerprint density at radius 3 is 2.62 bits per heavy atom. The minimum atomic E-state index is 0.449. The molecule has 0 heterocycles. The van der Waals surface area contributed by atoms with Crippen LogP contribution in [0, 0.1) is 0 Å². The largest absolute Gasteiger partial charge is 0.313 e. The Kier molecular flexibility index (Phi) is 5.98. The van der Waals surface area contributed by atoms with Crippen molar-refractivity contribution in [3.05, 3.63) is 28.2 Å². The maximum absolute atomic E-state index is 6.12. The van der Waals surface area contributed by atoms with Crippen LogP contribution >= 0.6 is 35.0 Å². The SMILES string of the molecule is CCNC(C)C(C)Sc1cc(Cl)ccc1Cl. The predicted molar refractivity (Wildman–Crippen MR) is 74.9 cm³/mol. The van der Waals surface area contributed by atoms with E-state index in [1.165, 1.54) is 0 Å². The van der Waals surface area contributed by atoms with Crippen LogP contribution in [-0.4, -0.2) is 17.8 Å². The standard InChI is InChI=1S/C12H17Cl2NS/c1-4-15-8(2)9(3)16-12-7-10(13)5-6-11(12)14/h5-9,15H,4H2,1-3H3. The van der Waals surface area contributed by atoms with Crippen molar-refractivity contribution in [2.75, 3.05) is 6.54 Å². The van der Waals surface area contributed by atoms with Crippen molar-refractivity contribution >= 4 is 35.0 Å². The Balaban J connectivity index is 2.68. The molecule has 2 unspecified atom stereocenters. The molecule has 0 aliphatic rings. The fourth-order valence-corrected chi connectivity index (χ4v) is 2.92. The molecule has 0 radical (unpaired) electrons. The van der Waals surface area contributed by atoms with Crippen molar-refractivity contribution in [2.24, 2.45) is 0 Å². The topological polar surface area (TPSA) is 12.0 Å². The van der Waals surface area contributed by atoms with Gasteiger partial charge in [-0.25, -0.2) is 0 Å². The molecule has 90 valence electrons. The van der Waals surface area contributed by atoms with E-state index < -0.39 is 0 Å². The molecular weight excluding hydrogens is 261 g/mol. The van der Waals surface area contributed by atoms with Crippen LogP contribution in [-0.2, 0) is 0 Å². The van der Waals surface area contributed by atoms with E-state index in [1.807, 2.05) is 18.2 Å². The second-order valence-electron chi connectivity index (χ2n) is 3.74. The van der Waals surface area contributed by atoms with Gasteiger partial charge in [0.05, 0.1) is 5.02 Å². The normalized spacial score (nSPS) is 14.8. The summed E-state index contributed by atoms with van der Waals surface area (Å²) >= 11 is 13.8. The second kappa shape index (κ2) is 6.75. The predicted octanol–water partition coefficient (Wildman–Crippen LogP) is 4.47. The number of thioether (sulfide) groups is 1. The van der Waals surface area contributed by atoms with Crippen molar-refractivity contribution in [1.29, 1.82) is 0 Å². The molecule has 1 aromatic rings. The molecule has 0 bridgehead atoms. The Morgan fingerprint density at radius 2 is 2.00 bits per heavy atom. The van der Waals surface area contributed by atoms with Crippen LogP contribution in [0.15, 0.2) is 23.1 Å². The van der Waals surface area contributed by atoms with E-state index in [9.17, 15) is 0 Å². The highest BCUT2D eigenvalue weighted by molar-refractivity contribution is 8.00. The lowest BCUT2D eigenvalue weighted by molar-refractivity contribution is 0.563. The van der Waals surface area contributed by atoms with Gasteiger partial charge < -0.3 is 5.32 Å². The first-order chi connectivity index (χ1) is 7.54. The molecule has 1 rings (SSSR count). The van der Waals surface area contributed by atoms with E-state index in [4.69, 9.17) is 23.2 Å². The highest BCUT2D eigenvalue weighted by atomic mass is 35.5. The molecule has 16 heavy (non-hydrogen) atoms. The number of rotatable bonds is 5. The minimum Gasteiger partial charge on any atom is -0.313 e. The van der Waals surface area contributed by atoms with Crippen molar-refractivity contribution in [1.82, 2.24) is 5.32 Å². The highest BCUT2D eigenvalue weighted by Gasteiger charge is 2.14. The molecular formula is C12H17Cl2NS. The summed E-state index contributed by atoms with van der Waals surface area (Å²) in [7, 11) is 0. The first kappa shape index (κ1) is 14.2. The summed E-state index contributed by atoms with van der Waals surface area (Å²) in [6.45, 7) is 7.46. The van der Waals surface area contributed by atoms with Gasteiger partial charge in [-0.15, -0.1) is 11.8 Å². The zero-order valence-corrected chi connectivity index (χ0v) is 12.1. The molecule has 0 amide bonds. The summed E-state index contributed by atoms with van der Waals surface area (Å²) in [4.78, 5) is 1.05. The van der Waals surface area contributed by atoms with Crippen LogP contribution in [0.3, 0.4) is 0 Å². The van der Waals surface area contributed by atoms with E-state index in [0.717, 1.165) is 21.5 Å². The Bertz CT molecular complexity index is 344. The maximum Gasteiger partial charge on any atom is 0.0543 e. The quantitative estimate of drug-likeness (QED) is 0.797. The summed E-state index contributed by atoms with van der Waals surface area (Å²) in [5, 5.41) is 5.36. The van der Waals surface area contributed by atoms with Crippen LogP contribution in [0.1, 0.15) is 20.8 Å². The third-order valence-corrected chi connectivity index (χ3v) is 4.48. The Hall–Kier alpha value is 0.110. The highest BCUT2D eigenvalue weighted by Crippen LogP contribution is 2.33. The van der Waals surface area contributed by atoms with Crippen LogP contribution in [0.25, 0.3) is 0 Å². The van der Waals surface area contributed by atoms with Gasteiger partial charge in [-0.3, -0.25) is 0 Å². The van der Waals surface area contributed by atoms with Crippen LogP contribution in [0.5, 0.6) is 0 Å². The molecule has 1 N–H and O–H groups in total. The average Bonchev–Trinajstić information content (AvgIpc) is 2.23. The third kappa shape index (κ3) is 4.17. The van der Waals surface area contributed by atoms with Gasteiger partial charge >= 0.3 is 0 Å². The van der Waals surface area contributed by atoms with Crippen LogP contribution in [0.4, 0.5) is 0 Å². The third-order valence-electron chi connectivity index (χ3n) is 2.44. The molecule has 0 saturated carbocycles. The van der Waals surface area contributed by atoms with Crippen molar-refractivity contribution in [2.45, 2.75) is 37.0 Å². The molecule has 0 spiro atoms. The first-order valence-corrected chi connectivity index (χ1v) is 7.03. The van der Waals surface area contributed by atoms with Crippen LogP contribution < -0.4 is 5.32 Å². The lowest BCUT2D eigenvalue weighted by Gasteiger charge is -2.20. The molecule has 1 aromatic carbocycles. The zero-order valence-electron chi connectivity index (χ0n) is 9.76. The molecule has 0 saturated heterocycles. The van der Waals surface area contributed by atoms with Gasteiger partial charge in [-0.05, 0) is 31.7 Å². The lowest BCUT2D eigenvalue weighted by Crippen LogP contribution is -2.33. The van der Waals surface area contributed by atoms with Gasteiger partial charge in [0.25, 0.3) is 0 Å². The number of hydrogen-bond acceptors (Lipinski definition) is 2. The van der Waals surface area contributed by atoms with Crippen molar-refractivity contribution < 1.29 is 0 Å². The van der Waals surface area contributed by atoms with Gasteiger partial charge in [0.1, 0.15) is 0 Å². The number of halogens is 2. The van der Waals surface area contributed by atoms with Crippen molar-refractivity contribution in [3.63, 3.8) is 0 Å². The summed E-state index contributed by atoms with van der Waals surface area (Å²) in [6.07, 6.45) is 0. The second-order valence-corrected chi connectivity index (χ2v) is 6.01. The Labute approximate surface area is 112 Å². The van der Waals surface area contributed by atoms with E-state index in [2.05, 4.69) is 26.1 Å². The maximum atomic E-state index is 6.12. The van der Waals surface area contributed by atoms with Crippen molar-refractivity contribution in [3.8, 4) is 0 Å². The first-order valence-electron chi connectivity index (χ1n) is 5.39. The fraction of sp³-hybridized carbons (Fsp3) is 0.500. The molecule has 0 aliphatic carbocycles. The van der Waals surface area contributed by atoms with Crippen LogP contribution in [0.2, 0.25) is 10.0 Å². The summed E-state index contributed by atoms with van der Waals surface area (Å²) in [5.41, 5.74) is 0. The Morgan fingerprint density at radius 1 is 1.31 bits per heavy atom.